The van der Waals surface area contributed by atoms with Gasteiger partial charge in [0.1, 0.15) is 12.4 Å². The number of anilines is 1. The predicted molar refractivity (Wildman–Crippen MR) is 121 cm³/mol. The van der Waals surface area contributed by atoms with Crippen LogP contribution in [0.15, 0.2) is 42.5 Å². The molecule has 178 valence electrons. The molecule has 0 aliphatic heterocycles. The normalized spacial score (nSPS) is 10.3. The number of nitrogens with two attached hydrogens (primary N) is 1. The first kappa shape index (κ1) is 25.4. The summed E-state index contributed by atoms with van der Waals surface area (Å²) in [6.07, 6.45) is 0.454. The second-order valence-electron chi connectivity index (χ2n) is 6.95. The van der Waals surface area contributed by atoms with Gasteiger partial charge in [0, 0.05) is 44.9 Å². The van der Waals surface area contributed by atoms with Crippen molar-refractivity contribution in [2.45, 2.75) is 19.4 Å². The number of alkyl carbamates (subject to hydrolysis) is 1. The lowest BCUT2D eigenvalue weighted by Crippen LogP contribution is -2.26. The third-order valence-electron chi connectivity index (χ3n) is 4.45. The van der Waals surface area contributed by atoms with E-state index in [0.29, 0.717) is 26.0 Å². The standard InChI is InChI=1S/C22H28N4O7/c1-31-11-6-12-32-19-14-17(21(23)27)13-18(26(29)30)20(19)24-9-5-10-25-22(28)33-15-16-7-3-2-4-8-16/h2-4,7-8,13-14,24H,5-6,9-12,15H2,1H3,(H2,23,27)(H,25,28). The van der Waals surface area contributed by atoms with E-state index in [1.54, 1.807) is 7.11 Å². The third kappa shape index (κ3) is 8.65. The van der Waals surface area contributed by atoms with E-state index >= 15 is 0 Å². The highest BCUT2D eigenvalue weighted by Gasteiger charge is 2.22. The number of hydrogen-bond acceptors (Lipinski definition) is 8. The fourth-order valence-corrected chi connectivity index (χ4v) is 2.83. The molecule has 0 radical (unpaired) electrons. The summed E-state index contributed by atoms with van der Waals surface area (Å²) in [6, 6.07) is 11.7. The summed E-state index contributed by atoms with van der Waals surface area (Å²) in [4.78, 5) is 34.3. The Morgan fingerprint density at radius 1 is 1.09 bits per heavy atom. The molecule has 11 nitrogen and oxygen atoms in total. The van der Waals surface area contributed by atoms with Crippen LogP contribution in [0.5, 0.6) is 5.75 Å². The maximum Gasteiger partial charge on any atom is 0.407 e. The van der Waals surface area contributed by atoms with Crippen LogP contribution in [0.25, 0.3) is 0 Å². The second kappa shape index (κ2) is 13.5. The molecule has 0 saturated carbocycles. The van der Waals surface area contributed by atoms with Gasteiger partial charge in [-0.05, 0) is 18.1 Å². The van der Waals surface area contributed by atoms with Crippen molar-refractivity contribution >= 4 is 23.4 Å². The molecule has 0 saturated heterocycles. The Kier molecular flexibility index (Phi) is 10.4. The number of nitrogens with zero attached hydrogens (tertiary/aromatic N) is 1. The number of nitro benzene ring substituents is 1. The van der Waals surface area contributed by atoms with Crippen LogP contribution >= 0.6 is 0 Å². The van der Waals surface area contributed by atoms with Gasteiger partial charge < -0.3 is 30.6 Å². The van der Waals surface area contributed by atoms with E-state index in [9.17, 15) is 19.7 Å². The number of nitro groups is 1. The summed E-state index contributed by atoms with van der Waals surface area (Å²) in [5.41, 5.74) is 5.94. The van der Waals surface area contributed by atoms with Crippen molar-refractivity contribution in [2.75, 3.05) is 38.7 Å². The first-order valence-electron chi connectivity index (χ1n) is 10.3. The number of benzene rings is 2. The largest absolute Gasteiger partial charge is 0.491 e. The van der Waals surface area contributed by atoms with E-state index < -0.39 is 16.9 Å². The molecule has 0 fully saturated rings. The molecule has 0 atom stereocenters. The molecule has 0 aliphatic rings. The lowest BCUT2D eigenvalue weighted by molar-refractivity contribution is -0.384. The van der Waals surface area contributed by atoms with Crippen LogP contribution in [0.3, 0.4) is 0 Å². The van der Waals surface area contributed by atoms with E-state index in [-0.39, 0.29) is 42.4 Å². The Labute approximate surface area is 191 Å². The quantitative estimate of drug-likeness (QED) is 0.221. The summed E-state index contributed by atoms with van der Waals surface area (Å²) >= 11 is 0. The molecule has 4 N–H and O–H groups in total. The van der Waals surface area contributed by atoms with Crippen LogP contribution in [-0.4, -0.2) is 50.3 Å². The topological polar surface area (TPSA) is 155 Å². The monoisotopic (exact) mass is 460 g/mol. The highest BCUT2D eigenvalue weighted by molar-refractivity contribution is 5.95. The third-order valence-corrected chi connectivity index (χ3v) is 4.45. The Morgan fingerprint density at radius 2 is 1.85 bits per heavy atom. The maximum absolute atomic E-state index is 11.8. The number of hydrogen-bond donors (Lipinski definition) is 3. The van der Waals surface area contributed by atoms with Crippen LogP contribution in [0, 0.1) is 10.1 Å². The number of primary amides is 1. The molecular formula is C22H28N4O7. The maximum atomic E-state index is 11.8. The molecule has 2 aromatic carbocycles. The predicted octanol–water partition coefficient (Wildman–Crippen LogP) is 2.84. The minimum absolute atomic E-state index is 0.0307. The van der Waals surface area contributed by atoms with Gasteiger partial charge in [-0.3, -0.25) is 14.9 Å². The van der Waals surface area contributed by atoms with Crippen molar-refractivity contribution in [3.8, 4) is 5.75 Å². The van der Waals surface area contributed by atoms with Crippen molar-refractivity contribution in [2.24, 2.45) is 5.73 Å². The average molecular weight is 460 g/mol. The van der Waals surface area contributed by atoms with Crippen molar-refractivity contribution in [1.29, 1.82) is 0 Å². The van der Waals surface area contributed by atoms with Crippen LogP contribution in [0.4, 0.5) is 16.2 Å². The van der Waals surface area contributed by atoms with Crippen LogP contribution in [0.1, 0.15) is 28.8 Å². The molecule has 0 aromatic heterocycles. The number of rotatable bonds is 14. The minimum atomic E-state index is -0.801. The van der Waals surface area contributed by atoms with Crippen LogP contribution in [0.2, 0.25) is 0 Å². The molecule has 0 unspecified atom stereocenters. The molecule has 2 rings (SSSR count). The molecule has 2 amide bonds. The zero-order chi connectivity index (χ0) is 24.1. The number of ether oxygens (including phenoxy) is 3. The van der Waals surface area contributed by atoms with Gasteiger partial charge in [0.2, 0.25) is 5.91 Å². The smallest absolute Gasteiger partial charge is 0.407 e. The first-order chi connectivity index (χ1) is 15.9. The molecule has 0 heterocycles. The van der Waals surface area contributed by atoms with Gasteiger partial charge in [-0.25, -0.2) is 4.79 Å². The highest BCUT2D eigenvalue weighted by atomic mass is 16.6. The zero-order valence-corrected chi connectivity index (χ0v) is 18.4. The zero-order valence-electron chi connectivity index (χ0n) is 18.4. The van der Waals surface area contributed by atoms with Crippen LogP contribution < -0.4 is 21.1 Å². The Balaban J connectivity index is 1.92. The Morgan fingerprint density at radius 3 is 2.52 bits per heavy atom. The first-order valence-corrected chi connectivity index (χ1v) is 10.3. The summed E-state index contributed by atoms with van der Waals surface area (Å²) in [5.74, 6) is -0.658. The van der Waals surface area contributed by atoms with Gasteiger partial charge in [0.15, 0.2) is 5.69 Å². The van der Waals surface area contributed by atoms with Crippen molar-refractivity contribution in [3.63, 3.8) is 0 Å². The van der Waals surface area contributed by atoms with E-state index in [0.717, 1.165) is 11.6 Å². The van der Waals surface area contributed by atoms with E-state index in [1.165, 1.54) is 6.07 Å². The number of methoxy groups -OCH3 is 1. The number of nitrogens with one attached hydrogen (secondary N) is 2. The van der Waals surface area contributed by atoms with Crippen molar-refractivity contribution < 1.29 is 28.7 Å². The number of carbonyl (C=O) groups excluding carboxylic acids is 2. The average Bonchev–Trinajstić information content (AvgIpc) is 2.81. The fourth-order valence-electron chi connectivity index (χ4n) is 2.83. The summed E-state index contributed by atoms with van der Waals surface area (Å²) in [7, 11) is 1.55. The highest BCUT2D eigenvalue weighted by Crippen LogP contribution is 2.36. The minimum Gasteiger partial charge on any atom is -0.491 e. The van der Waals surface area contributed by atoms with E-state index in [1.807, 2.05) is 30.3 Å². The Hall–Kier alpha value is -3.86. The van der Waals surface area contributed by atoms with Gasteiger partial charge in [-0.1, -0.05) is 30.3 Å². The summed E-state index contributed by atoms with van der Waals surface area (Å²) in [6.45, 7) is 1.43. The number of carbonyl (C=O) groups is 2. The van der Waals surface area contributed by atoms with Gasteiger partial charge in [0.05, 0.1) is 11.5 Å². The lowest BCUT2D eigenvalue weighted by atomic mass is 10.1. The summed E-state index contributed by atoms with van der Waals surface area (Å²) in [5, 5.41) is 17.1. The lowest BCUT2D eigenvalue weighted by Gasteiger charge is -2.15. The molecule has 33 heavy (non-hydrogen) atoms. The van der Waals surface area contributed by atoms with Crippen molar-refractivity contribution in [3.05, 3.63) is 63.7 Å². The van der Waals surface area contributed by atoms with Gasteiger partial charge >= 0.3 is 6.09 Å². The van der Waals surface area contributed by atoms with Gasteiger partial charge in [0.25, 0.3) is 5.69 Å². The van der Waals surface area contributed by atoms with Crippen molar-refractivity contribution in [1.82, 2.24) is 5.32 Å². The molecular weight excluding hydrogens is 432 g/mol. The second-order valence-corrected chi connectivity index (χ2v) is 6.95. The molecule has 11 heteroatoms. The van der Waals surface area contributed by atoms with E-state index in [4.69, 9.17) is 19.9 Å². The van der Waals surface area contributed by atoms with Gasteiger partial charge in [-0.2, -0.15) is 0 Å². The van der Waals surface area contributed by atoms with Gasteiger partial charge in [-0.15, -0.1) is 0 Å². The molecule has 0 spiro atoms. The SMILES string of the molecule is COCCCOc1cc(C(N)=O)cc([N+](=O)[O-])c1NCCCNC(=O)OCc1ccccc1. The van der Waals surface area contributed by atoms with Crippen LogP contribution in [-0.2, 0) is 16.1 Å². The fraction of sp³-hybridized carbons (Fsp3) is 0.364. The summed E-state index contributed by atoms with van der Waals surface area (Å²) < 4.78 is 15.7. The Bertz CT molecular complexity index is 938. The van der Waals surface area contributed by atoms with E-state index in [2.05, 4.69) is 10.6 Å². The molecule has 2 aromatic rings. The molecule has 0 aliphatic carbocycles. The number of amides is 2. The molecule has 0 bridgehead atoms.